The Balaban J connectivity index is 2.54. The van der Waals surface area contributed by atoms with Gasteiger partial charge in [-0.2, -0.15) is 0 Å². The van der Waals surface area contributed by atoms with Gasteiger partial charge in [-0.1, -0.05) is 0 Å². The molecule has 0 aromatic heterocycles. The molecule has 1 fully saturated rings. The summed E-state index contributed by atoms with van der Waals surface area (Å²) in [5.74, 6) is 0. The summed E-state index contributed by atoms with van der Waals surface area (Å²) in [7, 11) is 0. The number of halogens is 1. The molecule has 0 saturated carbocycles. The molecule has 15 heavy (non-hydrogen) atoms. The van der Waals surface area contributed by atoms with Crippen LogP contribution in [0.5, 0.6) is 0 Å². The molecule has 0 bridgehead atoms. The predicted octanol–water partition coefficient (Wildman–Crippen LogP) is 0.482. The van der Waals surface area contributed by atoms with E-state index in [0.29, 0.717) is 0 Å². The van der Waals surface area contributed by atoms with Gasteiger partial charge < -0.3 is 14.9 Å². The standard InChI is InChI=1S/C10H20FNO3/c1-10(2,3)15-9(14)12-5-7(11)4-8(12)6-13/h7-9,13-14H,4-6H2,1-3H3/t7-,8+,9?/m1/s1. The highest BCUT2D eigenvalue weighted by atomic mass is 19.1. The minimum Gasteiger partial charge on any atom is -0.395 e. The third-order valence-corrected chi connectivity index (χ3v) is 2.36. The molecule has 3 atom stereocenters. The normalized spacial score (nSPS) is 30.8. The fourth-order valence-electron chi connectivity index (χ4n) is 1.72. The van der Waals surface area contributed by atoms with Crippen molar-refractivity contribution in [2.24, 2.45) is 0 Å². The summed E-state index contributed by atoms with van der Waals surface area (Å²) in [5.41, 5.74) is -0.492. The Morgan fingerprint density at radius 1 is 1.53 bits per heavy atom. The molecule has 2 N–H and O–H groups in total. The lowest BCUT2D eigenvalue weighted by Gasteiger charge is -2.32. The van der Waals surface area contributed by atoms with E-state index < -0.39 is 18.2 Å². The number of ether oxygens (including phenoxy) is 1. The van der Waals surface area contributed by atoms with E-state index >= 15 is 0 Å². The van der Waals surface area contributed by atoms with Crippen LogP contribution in [0.15, 0.2) is 0 Å². The van der Waals surface area contributed by atoms with Crippen molar-refractivity contribution in [3.63, 3.8) is 0 Å². The van der Waals surface area contributed by atoms with Crippen molar-refractivity contribution in [3.8, 4) is 0 Å². The maximum atomic E-state index is 13.1. The van der Waals surface area contributed by atoms with Crippen molar-refractivity contribution < 1.29 is 19.3 Å². The van der Waals surface area contributed by atoms with Gasteiger partial charge in [0.1, 0.15) is 6.17 Å². The molecule has 1 rings (SSSR count). The molecule has 5 heteroatoms. The van der Waals surface area contributed by atoms with Gasteiger partial charge in [0.2, 0.25) is 6.41 Å². The number of rotatable bonds is 3. The topological polar surface area (TPSA) is 52.9 Å². The lowest BCUT2D eigenvalue weighted by molar-refractivity contribution is -0.244. The Labute approximate surface area is 89.6 Å². The Morgan fingerprint density at radius 3 is 2.60 bits per heavy atom. The molecule has 1 heterocycles. The highest BCUT2D eigenvalue weighted by molar-refractivity contribution is 4.84. The second-order valence-electron chi connectivity index (χ2n) is 4.92. The Hall–Kier alpha value is -0.230. The van der Waals surface area contributed by atoms with Crippen molar-refractivity contribution in [1.82, 2.24) is 4.90 Å². The van der Waals surface area contributed by atoms with Crippen molar-refractivity contribution in [2.75, 3.05) is 13.2 Å². The van der Waals surface area contributed by atoms with Crippen LogP contribution in [0.3, 0.4) is 0 Å². The number of hydrogen-bond acceptors (Lipinski definition) is 4. The van der Waals surface area contributed by atoms with Crippen molar-refractivity contribution in [3.05, 3.63) is 0 Å². The van der Waals surface area contributed by atoms with E-state index in [-0.39, 0.29) is 25.6 Å². The van der Waals surface area contributed by atoms with Crippen LogP contribution in [-0.2, 0) is 4.74 Å². The molecular formula is C10H20FNO3. The number of likely N-dealkylation sites (tertiary alicyclic amines) is 1. The SMILES string of the molecule is CC(C)(C)OC(O)N1C[C@H](F)C[C@H]1CO. The van der Waals surface area contributed by atoms with Crippen LogP contribution in [0, 0.1) is 0 Å². The molecule has 0 aromatic carbocycles. The Bertz CT molecular complexity index is 207. The van der Waals surface area contributed by atoms with Crippen LogP contribution in [0.2, 0.25) is 0 Å². The van der Waals surface area contributed by atoms with E-state index in [0.717, 1.165) is 0 Å². The lowest BCUT2D eigenvalue weighted by atomic mass is 10.2. The number of aliphatic hydroxyl groups excluding tert-OH is 2. The van der Waals surface area contributed by atoms with E-state index in [4.69, 9.17) is 9.84 Å². The highest BCUT2D eigenvalue weighted by Crippen LogP contribution is 2.24. The van der Waals surface area contributed by atoms with Crippen molar-refractivity contribution >= 4 is 0 Å². The van der Waals surface area contributed by atoms with Crippen LogP contribution >= 0.6 is 0 Å². The number of nitrogens with zero attached hydrogens (tertiary/aromatic N) is 1. The van der Waals surface area contributed by atoms with Gasteiger partial charge in [-0.15, -0.1) is 0 Å². The highest BCUT2D eigenvalue weighted by Gasteiger charge is 2.37. The summed E-state index contributed by atoms with van der Waals surface area (Å²) in [6, 6.07) is -0.350. The molecule has 0 aliphatic carbocycles. The van der Waals surface area contributed by atoms with Gasteiger partial charge in [-0.3, -0.25) is 0 Å². The monoisotopic (exact) mass is 221 g/mol. The smallest absolute Gasteiger partial charge is 0.217 e. The van der Waals surface area contributed by atoms with E-state index in [9.17, 15) is 9.50 Å². The van der Waals surface area contributed by atoms with E-state index in [2.05, 4.69) is 0 Å². The predicted molar refractivity (Wildman–Crippen MR) is 53.9 cm³/mol. The summed E-state index contributed by atoms with van der Waals surface area (Å²) in [6.07, 6.45) is -1.90. The number of alkyl halides is 1. The molecule has 0 amide bonds. The van der Waals surface area contributed by atoms with Gasteiger partial charge >= 0.3 is 0 Å². The molecular weight excluding hydrogens is 201 g/mol. The molecule has 1 unspecified atom stereocenters. The zero-order valence-corrected chi connectivity index (χ0v) is 9.48. The molecule has 4 nitrogen and oxygen atoms in total. The average molecular weight is 221 g/mol. The molecule has 0 spiro atoms. The third-order valence-electron chi connectivity index (χ3n) is 2.36. The minimum absolute atomic E-state index is 0.114. The first-order chi connectivity index (χ1) is 6.83. The van der Waals surface area contributed by atoms with Crippen LogP contribution in [-0.4, -0.2) is 52.5 Å². The fourth-order valence-corrected chi connectivity index (χ4v) is 1.72. The molecule has 1 aliphatic heterocycles. The molecule has 1 saturated heterocycles. The van der Waals surface area contributed by atoms with Crippen molar-refractivity contribution in [2.45, 2.75) is 51.4 Å². The van der Waals surface area contributed by atoms with E-state index in [1.54, 1.807) is 0 Å². The third kappa shape index (κ3) is 3.68. The average Bonchev–Trinajstić information content (AvgIpc) is 2.43. The summed E-state index contributed by atoms with van der Waals surface area (Å²) in [5, 5.41) is 18.8. The summed E-state index contributed by atoms with van der Waals surface area (Å²) in [6.45, 7) is 5.39. The van der Waals surface area contributed by atoms with Gasteiger partial charge in [-0.05, 0) is 27.2 Å². The Kier molecular flexibility index (Phi) is 4.06. The largest absolute Gasteiger partial charge is 0.395 e. The maximum absolute atomic E-state index is 13.1. The Morgan fingerprint density at radius 2 is 2.13 bits per heavy atom. The molecule has 90 valence electrons. The molecule has 0 aromatic rings. The minimum atomic E-state index is -1.15. The number of hydrogen-bond donors (Lipinski definition) is 2. The summed E-state index contributed by atoms with van der Waals surface area (Å²) >= 11 is 0. The summed E-state index contributed by atoms with van der Waals surface area (Å²) < 4.78 is 18.4. The lowest BCUT2D eigenvalue weighted by Crippen LogP contribution is -2.45. The maximum Gasteiger partial charge on any atom is 0.217 e. The van der Waals surface area contributed by atoms with Crippen molar-refractivity contribution in [1.29, 1.82) is 0 Å². The van der Waals surface area contributed by atoms with Gasteiger partial charge in [0.05, 0.1) is 12.2 Å². The van der Waals surface area contributed by atoms with Crippen LogP contribution in [0.4, 0.5) is 4.39 Å². The zero-order chi connectivity index (χ0) is 11.6. The van der Waals surface area contributed by atoms with Crippen LogP contribution < -0.4 is 0 Å². The second kappa shape index (κ2) is 4.74. The van der Waals surface area contributed by atoms with Gasteiger partial charge in [0.15, 0.2) is 0 Å². The zero-order valence-electron chi connectivity index (χ0n) is 9.48. The number of aliphatic hydroxyl groups is 2. The summed E-state index contributed by atoms with van der Waals surface area (Å²) in [4.78, 5) is 1.45. The van der Waals surface area contributed by atoms with Gasteiger partial charge in [0, 0.05) is 12.6 Å². The first kappa shape index (κ1) is 12.8. The van der Waals surface area contributed by atoms with E-state index in [1.807, 2.05) is 20.8 Å². The second-order valence-corrected chi connectivity index (χ2v) is 4.92. The first-order valence-electron chi connectivity index (χ1n) is 5.20. The quantitative estimate of drug-likeness (QED) is 0.681. The fraction of sp³-hybridized carbons (Fsp3) is 1.00. The molecule has 1 aliphatic rings. The van der Waals surface area contributed by atoms with Gasteiger partial charge in [-0.25, -0.2) is 9.29 Å². The molecule has 0 radical (unpaired) electrons. The van der Waals surface area contributed by atoms with Gasteiger partial charge in [0.25, 0.3) is 0 Å². The van der Waals surface area contributed by atoms with Crippen LogP contribution in [0.1, 0.15) is 27.2 Å². The first-order valence-corrected chi connectivity index (χ1v) is 5.20. The van der Waals surface area contributed by atoms with Crippen LogP contribution in [0.25, 0.3) is 0 Å². The van der Waals surface area contributed by atoms with E-state index in [1.165, 1.54) is 4.90 Å².